The van der Waals surface area contributed by atoms with Gasteiger partial charge in [0, 0.05) is 37.0 Å². The van der Waals surface area contributed by atoms with Crippen LogP contribution in [0.2, 0.25) is 0 Å². The number of likely N-dealkylation sites (N-methyl/N-ethyl adjacent to an activating group) is 1. The fraction of sp³-hybridized carbons (Fsp3) is 0.385. The molecule has 2 saturated heterocycles. The van der Waals surface area contributed by atoms with Gasteiger partial charge in [0.25, 0.3) is 5.91 Å². The van der Waals surface area contributed by atoms with E-state index in [0.29, 0.717) is 17.8 Å². The Morgan fingerprint density at radius 3 is 2.38 bits per heavy atom. The normalized spacial score (nSPS) is 27.7. The van der Waals surface area contributed by atoms with Gasteiger partial charge in [0.1, 0.15) is 5.54 Å². The van der Waals surface area contributed by atoms with Crippen molar-refractivity contribution in [3.8, 4) is 0 Å². The Balaban J connectivity index is 1.61. The van der Waals surface area contributed by atoms with Gasteiger partial charge in [-0.3, -0.25) is 24.5 Å². The van der Waals surface area contributed by atoms with Crippen molar-refractivity contribution >= 4 is 40.7 Å². The van der Waals surface area contributed by atoms with Crippen LogP contribution in [0.4, 0.5) is 17.1 Å². The molecule has 4 amide bonds. The van der Waals surface area contributed by atoms with E-state index in [2.05, 4.69) is 24.5 Å². The highest BCUT2D eigenvalue weighted by Gasteiger charge is 2.71. The summed E-state index contributed by atoms with van der Waals surface area (Å²) in [5.41, 5.74) is 1.24. The van der Waals surface area contributed by atoms with Gasteiger partial charge in [-0.25, -0.2) is 4.90 Å². The molecule has 0 radical (unpaired) electrons. The minimum atomic E-state index is -1.27. The smallest absolute Gasteiger partial charge is 0.252 e. The maximum absolute atomic E-state index is 13.9. The van der Waals surface area contributed by atoms with Crippen LogP contribution in [-0.2, 0) is 24.7 Å². The van der Waals surface area contributed by atoms with E-state index in [9.17, 15) is 19.2 Å². The minimum Gasteiger partial charge on any atom is -0.326 e. The van der Waals surface area contributed by atoms with Crippen molar-refractivity contribution in [3.63, 3.8) is 0 Å². The predicted molar refractivity (Wildman–Crippen MR) is 128 cm³/mol. The van der Waals surface area contributed by atoms with Crippen LogP contribution in [0.25, 0.3) is 0 Å². The maximum atomic E-state index is 13.9. The predicted octanol–water partition coefficient (Wildman–Crippen LogP) is 2.64. The Bertz CT molecular complexity index is 1210. The molecule has 34 heavy (non-hydrogen) atoms. The van der Waals surface area contributed by atoms with Crippen molar-refractivity contribution in [2.75, 3.05) is 22.2 Å². The first-order valence-corrected chi connectivity index (χ1v) is 11.6. The van der Waals surface area contributed by atoms with Gasteiger partial charge in [-0.05, 0) is 42.7 Å². The van der Waals surface area contributed by atoms with Crippen molar-refractivity contribution in [2.45, 2.75) is 38.8 Å². The van der Waals surface area contributed by atoms with Crippen LogP contribution in [0.1, 0.15) is 32.8 Å². The largest absolute Gasteiger partial charge is 0.326 e. The van der Waals surface area contributed by atoms with E-state index in [1.165, 1.54) is 11.8 Å². The summed E-state index contributed by atoms with van der Waals surface area (Å²) in [5, 5.41) is 6.18. The molecule has 2 fully saturated rings. The number of nitrogens with one attached hydrogen (secondary N) is 2. The highest BCUT2D eigenvalue weighted by Crippen LogP contribution is 2.55. The van der Waals surface area contributed by atoms with Crippen molar-refractivity contribution in [3.05, 3.63) is 54.1 Å². The Morgan fingerprint density at radius 2 is 1.74 bits per heavy atom. The van der Waals surface area contributed by atoms with E-state index in [-0.39, 0.29) is 35.6 Å². The van der Waals surface area contributed by atoms with Gasteiger partial charge in [-0.1, -0.05) is 32.0 Å². The van der Waals surface area contributed by atoms with Gasteiger partial charge in [0.05, 0.1) is 17.5 Å². The molecule has 0 bridgehead atoms. The standard InChI is InChI=1S/C26H28N4O4/c1-14(2)13-19-21-22(26(28-19)18-7-5-6-8-20(18)29(4)25(26)34)24(33)30(23(21)32)17-11-9-16(10-12-17)27-15(3)31/h5-12,14,19,21-22,28H,13H2,1-4H3,(H,27,31)/t19-,21+,22-,26+/m0/s1. The van der Waals surface area contributed by atoms with E-state index in [4.69, 9.17) is 0 Å². The van der Waals surface area contributed by atoms with E-state index >= 15 is 0 Å². The molecule has 8 heteroatoms. The Kier molecular flexibility index (Phi) is 5.09. The topological polar surface area (TPSA) is 98.8 Å². The first-order valence-electron chi connectivity index (χ1n) is 11.6. The molecule has 3 heterocycles. The molecule has 5 rings (SSSR count). The third kappa shape index (κ3) is 3.01. The van der Waals surface area contributed by atoms with E-state index in [1.54, 1.807) is 36.2 Å². The number of anilines is 3. The van der Waals surface area contributed by atoms with Crippen LogP contribution < -0.4 is 20.4 Å². The van der Waals surface area contributed by atoms with Gasteiger partial charge in [0.15, 0.2) is 0 Å². The summed E-state index contributed by atoms with van der Waals surface area (Å²) in [7, 11) is 1.71. The SMILES string of the molecule is CC(=O)Nc1ccc(N2C(=O)[C@@H]3[C@H](CC(C)C)N[C@@]4(C(=O)N(C)c5ccccc54)[C@@H]3C2=O)cc1. The van der Waals surface area contributed by atoms with Crippen molar-refractivity contribution in [2.24, 2.45) is 17.8 Å². The molecule has 3 aliphatic rings. The first-order chi connectivity index (χ1) is 16.2. The molecule has 0 aliphatic carbocycles. The number of hydrogen-bond donors (Lipinski definition) is 2. The monoisotopic (exact) mass is 460 g/mol. The number of para-hydroxylation sites is 1. The summed E-state index contributed by atoms with van der Waals surface area (Å²) in [6.07, 6.45) is 0.663. The molecule has 8 nitrogen and oxygen atoms in total. The molecule has 0 saturated carbocycles. The molecular formula is C26H28N4O4. The lowest BCUT2D eigenvalue weighted by atomic mass is 9.76. The summed E-state index contributed by atoms with van der Waals surface area (Å²) in [6, 6.07) is 13.8. The number of rotatable bonds is 4. The number of imide groups is 1. The zero-order valence-corrected chi connectivity index (χ0v) is 19.7. The highest BCUT2D eigenvalue weighted by molar-refractivity contribution is 6.26. The first kappa shape index (κ1) is 22.3. The number of amides is 4. The lowest BCUT2D eigenvalue weighted by molar-refractivity contribution is -0.131. The summed E-state index contributed by atoms with van der Waals surface area (Å²) < 4.78 is 0. The van der Waals surface area contributed by atoms with Crippen LogP contribution in [-0.4, -0.2) is 36.7 Å². The number of benzene rings is 2. The summed E-state index contributed by atoms with van der Waals surface area (Å²) in [4.78, 5) is 55.6. The maximum Gasteiger partial charge on any atom is 0.252 e. The number of carbonyl (C=O) groups is 4. The second-order valence-corrected chi connectivity index (χ2v) is 9.81. The van der Waals surface area contributed by atoms with Crippen molar-refractivity contribution in [1.29, 1.82) is 0 Å². The zero-order valence-electron chi connectivity index (χ0n) is 19.7. The number of carbonyl (C=O) groups excluding carboxylic acids is 4. The molecule has 2 aromatic carbocycles. The van der Waals surface area contributed by atoms with Gasteiger partial charge in [0.2, 0.25) is 17.7 Å². The minimum absolute atomic E-state index is 0.206. The van der Waals surface area contributed by atoms with Crippen molar-refractivity contribution < 1.29 is 19.2 Å². The van der Waals surface area contributed by atoms with Crippen LogP contribution in [0.5, 0.6) is 0 Å². The van der Waals surface area contributed by atoms with Gasteiger partial charge in [-0.2, -0.15) is 0 Å². The number of nitrogens with zero attached hydrogens (tertiary/aromatic N) is 2. The molecule has 3 aliphatic heterocycles. The highest BCUT2D eigenvalue weighted by atomic mass is 16.2. The average molecular weight is 461 g/mol. The van der Waals surface area contributed by atoms with Crippen LogP contribution in [0, 0.1) is 17.8 Å². The Morgan fingerprint density at radius 1 is 1.06 bits per heavy atom. The molecule has 0 unspecified atom stereocenters. The van der Waals surface area contributed by atoms with Crippen LogP contribution in [0.3, 0.4) is 0 Å². The Hall–Kier alpha value is -3.52. The van der Waals surface area contributed by atoms with Crippen LogP contribution >= 0.6 is 0 Å². The van der Waals surface area contributed by atoms with Crippen LogP contribution in [0.15, 0.2) is 48.5 Å². The van der Waals surface area contributed by atoms with E-state index in [1.807, 2.05) is 24.3 Å². The third-order valence-electron chi connectivity index (χ3n) is 7.17. The van der Waals surface area contributed by atoms with Gasteiger partial charge < -0.3 is 10.2 Å². The summed E-state index contributed by atoms with van der Waals surface area (Å²) in [6.45, 7) is 5.55. The second-order valence-electron chi connectivity index (χ2n) is 9.81. The molecule has 0 aromatic heterocycles. The Labute approximate surface area is 198 Å². The summed E-state index contributed by atoms with van der Waals surface area (Å²) in [5.74, 6) is -2.30. The molecule has 2 aromatic rings. The van der Waals surface area contributed by atoms with E-state index < -0.39 is 17.4 Å². The molecular weight excluding hydrogens is 432 g/mol. The molecule has 4 atom stereocenters. The van der Waals surface area contributed by atoms with Gasteiger partial charge in [-0.15, -0.1) is 0 Å². The lowest BCUT2D eigenvalue weighted by Gasteiger charge is -2.30. The quantitative estimate of drug-likeness (QED) is 0.684. The lowest BCUT2D eigenvalue weighted by Crippen LogP contribution is -2.54. The fourth-order valence-corrected chi connectivity index (χ4v) is 5.92. The fourth-order valence-electron chi connectivity index (χ4n) is 5.92. The van der Waals surface area contributed by atoms with Crippen molar-refractivity contribution in [1.82, 2.24) is 5.32 Å². The molecule has 176 valence electrons. The van der Waals surface area contributed by atoms with E-state index in [0.717, 1.165) is 11.3 Å². The van der Waals surface area contributed by atoms with Gasteiger partial charge >= 0.3 is 0 Å². The third-order valence-corrected chi connectivity index (χ3v) is 7.17. The summed E-state index contributed by atoms with van der Waals surface area (Å²) >= 11 is 0. The molecule has 1 spiro atoms. The number of hydrogen-bond acceptors (Lipinski definition) is 5. The molecule has 2 N–H and O–H groups in total. The number of fused-ring (bicyclic) bond motifs is 4. The second kappa shape index (κ2) is 7.77. The zero-order chi connectivity index (χ0) is 24.4. The average Bonchev–Trinajstić information content (AvgIpc) is 3.33.